The van der Waals surface area contributed by atoms with Gasteiger partial charge in [0.05, 0.1) is 5.00 Å². The highest BCUT2D eigenvalue weighted by molar-refractivity contribution is 7.26. The second-order valence-electron chi connectivity index (χ2n) is 21.9. The summed E-state index contributed by atoms with van der Waals surface area (Å²) in [6, 6.07) is 25.2. The van der Waals surface area contributed by atoms with Crippen LogP contribution in [0.25, 0.3) is 10.1 Å². The lowest BCUT2D eigenvalue weighted by molar-refractivity contribution is 0.332. The molecule has 0 radical (unpaired) electrons. The summed E-state index contributed by atoms with van der Waals surface area (Å²) >= 11 is 2.03. The fourth-order valence-electron chi connectivity index (χ4n) is 10.6. The fourth-order valence-corrected chi connectivity index (χ4v) is 11.9. The summed E-state index contributed by atoms with van der Waals surface area (Å²) in [6.45, 7) is 33.7. The molecule has 1 atom stereocenters. The molecule has 290 valence electrons. The summed E-state index contributed by atoms with van der Waals surface area (Å²) in [5.41, 5.74) is 19.0. The van der Waals surface area contributed by atoms with Gasteiger partial charge < -0.3 is 9.80 Å². The van der Waals surface area contributed by atoms with Crippen molar-refractivity contribution in [3.8, 4) is 0 Å². The molecule has 9 rings (SSSR count). The first kappa shape index (κ1) is 37.8. The molecule has 1 aromatic heterocycles. The van der Waals surface area contributed by atoms with Crippen LogP contribution in [0.2, 0.25) is 0 Å². The van der Waals surface area contributed by atoms with E-state index in [1.54, 1.807) is 16.7 Å². The minimum atomic E-state index is -0.0320. The van der Waals surface area contributed by atoms with Crippen molar-refractivity contribution in [2.45, 2.75) is 156 Å². The van der Waals surface area contributed by atoms with Gasteiger partial charge in [0.2, 0.25) is 0 Å². The molecule has 5 aromatic rings. The van der Waals surface area contributed by atoms with E-state index in [9.17, 15) is 0 Å². The maximum absolute atomic E-state index is 2.68. The number of fused-ring (bicyclic) bond motifs is 8. The number of anilines is 5. The Balaban J connectivity index is 1.44. The smallest absolute Gasteiger partial charge is 0.254 e. The first-order valence-corrected chi connectivity index (χ1v) is 22.2. The molecule has 0 saturated heterocycles. The summed E-state index contributed by atoms with van der Waals surface area (Å²) < 4.78 is 1.42. The molecule has 0 N–H and O–H groups in total. The van der Waals surface area contributed by atoms with Crippen LogP contribution in [0.1, 0.15) is 162 Å². The van der Waals surface area contributed by atoms with Gasteiger partial charge in [-0.1, -0.05) is 114 Å². The lowest BCUT2D eigenvalue weighted by Gasteiger charge is -2.45. The molecule has 0 bridgehead atoms. The Labute approximate surface area is 342 Å². The fraction of sp³-hybridized carbons (Fsp3) is 0.462. The van der Waals surface area contributed by atoms with E-state index >= 15 is 0 Å². The summed E-state index contributed by atoms with van der Waals surface area (Å²) in [7, 11) is 0. The number of allylic oxidation sites excluding steroid dienone is 1. The predicted molar refractivity (Wildman–Crippen MR) is 248 cm³/mol. The van der Waals surface area contributed by atoms with Crippen molar-refractivity contribution in [2.75, 3.05) is 9.80 Å². The predicted octanol–water partition coefficient (Wildman–Crippen LogP) is 13.3. The molecule has 4 heteroatoms. The van der Waals surface area contributed by atoms with Gasteiger partial charge in [0.25, 0.3) is 6.71 Å². The molecule has 0 fully saturated rings. The van der Waals surface area contributed by atoms with E-state index in [1.807, 2.05) is 11.3 Å². The highest BCUT2D eigenvalue weighted by Gasteiger charge is 2.48. The highest BCUT2D eigenvalue weighted by atomic mass is 32.1. The minimum absolute atomic E-state index is 0.0320. The second kappa shape index (κ2) is 12.1. The Kier molecular flexibility index (Phi) is 8.19. The standard InChI is InChI=1S/C52H63BN2S/c1-15-24-54-41-28-35-31(2)20-21-50(9,10)37(35)29-40(41)53-45-36-27-38-39(52(13,14)23-22-51(38,11)12)30-44(36)56-47(45)55(34-18-16-32(17-19-34)48(3,4)5)43-26-33(49(6,7)8)25-42(54)46(43)53/h15-19,24-31H,20-23H2,1-14H3/b24-15+. The van der Waals surface area contributed by atoms with Crippen LogP contribution in [0.5, 0.6) is 0 Å². The van der Waals surface area contributed by atoms with Gasteiger partial charge in [0.15, 0.2) is 0 Å². The van der Waals surface area contributed by atoms with Crippen molar-refractivity contribution in [2.24, 2.45) is 0 Å². The van der Waals surface area contributed by atoms with E-state index in [-0.39, 0.29) is 33.8 Å². The highest BCUT2D eigenvalue weighted by Crippen LogP contribution is 2.53. The maximum atomic E-state index is 2.68. The van der Waals surface area contributed by atoms with Gasteiger partial charge in [-0.3, -0.25) is 0 Å². The maximum Gasteiger partial charge on any atom is 0.254 e. The quantitative estimate of drug-likeness (QED) is 0.162. The lowest BCUT2D eigenvalue weighted by Crippen LogP contribution is -2.61. The molecule has 0 amide bonds. The van der Waals surface area contributed by atoms with Crippen LogP contribution in [-0.4, -0.2) is 6.71 Å². The van der Waals surface area contributed by atoms with Crippen molar-refractivity contribution in [1.29, 1.82) is 0 Å². The number of rotatable bonds is 2. The number of hydrogen-bond donors (Lipinski definition) is 0. The second-order valence-corrected chi connectivity index (χ2v) is 22.9. The van der Waals surface area contributed by atoms with E-state index in [0.717, 1.165) is 0 Å². The third-order valence-electron chi connectivity index (χ3n) is 14.5. The van der Waals surface area contributed by atoms with Crippen molar-refractivity contribution in [3.05, 3.63) is 106 Å². The summed E-state index contributed by atoms with van der Waals surface area (Å²) in [6.07, 6.45) is 9.47. The molecule has 2 aliphatic carbocycles. The van der Waals surface area contributed by atoms with Gasteiger partial charge in [-0.2, -0.15) is 0 Å². The zero-order valence-corrected chi connectivity index (χ0v) is 37.5. The average Bonchev–Trinajstić information content (AvgIpc) is 3.49. The Morgan fingerprint density at radius 1 is 0.679 bits per heavy atom. The third-order valence-corrected chi connectivity index (χ3v) is 15.6. The van der Waals surface area contributed by atoms with Gasteiger partial charge in [-0.15, -0.1) is 11.3 Å². The van der Waals surface area contributed by atoms with Crippen LogP contribution in [0, 0.1) is 0 Å². The molecule has 2 nitrogen and oxygen atoms in total. The molecule has 3 heterocycles. The third kappa shape index (κ3) is 5.54. The zero-order chi connectivity index (χ0) is 40.1. The van der Waals surface area contributed by atoms with Crippen LogP contribution in [-0.2, 0) is 27.1 Å². The number of thiophene rings is 1. The molecular formula is C52H63BN2S. The molecule has 2 aliphatic heterocycles. The molecular weight excluding hydrogens is 695 g/mol. The van der Waals surface area contributed by atoms with E-state index < -0.39 is 0 Å². The number of hydrogen-bond acceptors (Lipinski definition) is 3. The van der Waals surface area contributed by atoms with E-state index in [2.05, 4.69) is 180 Å². The molecule has 1 unspecified atom stereocenters. The molecule has 4 aliphatic rings. The van der Waals surface area contributed by atoms with E-state index in [0.29, 0.717) is 5.92 Å². The Hall–Kier alpha value is -3.76. The molecule has 4 aromatic carbocycles. The number of nitrogens with zero attached hydrogens (tertiary/aromatic N) is 2. The Morgan fingerprint density at radius 3 is 1.91 bits per heavy atom. The minimum Gasteiger partial charge on any atom is -0.318 e. The molecule has 56 heavy (non-hydrogen) atoms. The van der Waals surface area contributed by atoms with Crippen LogP contribution in [0.3, 0.4) is 0 Å². The summed E-state index contributed by atoms with van der Waals surface area (Å²) in [5, 5.41) is 2.83. The van der Waals surface area contributed by atoms with Gasteiger partial charge in [0, 0.05) is 33.6 Å². The SMILES string of the molecule is C/C=C/N1c2cc3c(cc2B2c4c1cc(C(C)(C)C)cc4N(c1ccc(C(C)(C)C)cc1)c1sc4cc5c(cc4c12)C(C)(C)CCC5(C)C)C(C)(C)CCC3C. The van der Waals surface area contributed by atoms with Crippen molar-refractivity contribution < 1.29 is 0 Å². The normalized spacial score (nSPS) is 20.5. The topological polar surface area (TPSA) is 6.48 Å². The van der Waals surface area contributed by atoms with Crippen LogP contribution < -0.4 is 26.2 Å². The lowest BCUT2D eigenvalue weighted by atomic mass is 9.33. The Bertz CT molecular complexity index is 2460. The monoisotopic (exact) mass is 758 g/mol. The first-order chi connectivity index (χ1) is 26.1. The largest absolute Gasteiger partial charge is 0.318 e. The van der Waals surface area contributed by atoms with Crippen LogP contribution >= 0.6 is 11.3 Å². The average molecular weight is 759 g/mol. The zero-order valence-electron chi connectivity index (χ0n) is 36.7. The van der Waals surface area contributed by atoms with Gasteiger partial charge in [-0.25, -0.2) is 0 Å². The van der Waals surface area contributed by atoms with Crippen molar-refractivity contribution in [3.63, 3.8) is 0 Å². The van der Waals surface area contributed by atoms with Gasteiger partial charge in [-0.05, 0) is 163 Å². The summed E-state index contributed by atoms with van der Waals surface area (Å²) in [5.74, 6) is 0.543. The molecule has 0 spiro atoms. The molecule has 0 saturated carbocycles. The van der Waals surface area contributed by atoms with E-state index in [4.69, 9.17) is 0 Å². The Morgan fingerprint density at radius 2 is 1.29 bits per heavy atom. The van der Waals surface area contributed by atoms with E-state index in [1.165, 1.54) is 96.6 Å². The number of benzene rings is 4. The van der Waals surface area contributed by atoms with Crippen molar-refractivity contribution in [1.82, 2.24) is 0 Å². The van der Waals surface area contributed by atoms with Gasteiger partial charge in [0.1, 0.15) is 0 Å². The van der Waals surface area contributed by atoms with Crippen LogP contribution in [0.4, 0.5) is 27.8 Å². The van der Waals surface area contributed by atoms with Crippen molar-refractivity contribution >= 4 is 72.3 Å². The van der Waals surface area contributed by atoms with Gasteiger partial charge >= 0.3 is 0 Å². The first-order valence-electron chi connectivity index (χ1n) is 21.4. The summed E-state index contributed by atoms with van der Waals surface area (Å²) in [4.78, 5) is 5.22. The van der Waals surface area contributed by atoms with Crippen LogP contribution in [0.15, 0.2) is 72.9 Å².